The molecule has 0 unspecified atom stereocenters. The van der Waals surface area contributed by atoms with E-state index in [1.54, 1.807) is 18.1 Å². The van der Waals surface area contributed by atoms with Crippen molar-refractivity contribution in [2.24, 2.45) is 0 Å². The van der Waals surface area contributed by atoms with E-state index in [4.69, 9.17) is 0 Å². The van der Waals surface area contributed by atoms with Crippen molar-refractivity contribution < 1.29 is 4.79 Å². The maximum atomic E-state index is 13.2. The van der Waals surface area contributed by atoms with Gasteiger partial charge in [-0.3, -0.25) is 9.69 Å². The number of rotatable bonds is 4. The van der Waals surface area contributed by atoms with Crippen LogP contribution in [-0.4, -0.2) is 26.4 Å². The number of thioether (sulfide) groups is 1. The number of fused-ring (bicyclic) bond motifs is 2. The smallest absolute Gasteiger partial charge is 0.242 e. The Morgan fingerprint density at radius 3 is 2.38 bits per heavy atom. The Kier molecular flexibility index (Phi) is 3.98. The molecule has 2 aromatic carbocycles. The molecule has 0 spiro atoms. The van der Waals surface area contributed by atoms with Gasteiger partial charge in [-0.1, -0.05) is 47.8 Å². The van der Waals surface area contributed by atoms with Gasteiger partial charge in [0, 0.05) is 15.8 Å². The Hall–Kier alpha value is -2.25. The van der Waals surface area contributed by atoms with Crippen LogP contribution in [0, 0.1) is 0 Å². The standard InChI is InChI=1S/C19H16N4OS2/c24-18(11-25-19-21-20-12-22(19)13-9-10-13)23-14-5-1-3-7-16(14)26-17-8-4-2-6-15(17)23/h1-8,12-13H,9-11H2. The fourth-order valence-corrected chi connectivity index (χ4v) is 4.99. The first kappa shape index (κ1) is 16.0. The van der Waals surface area contributed by atoms with Gasteiger partial charge in [0.25, 0.3) is 0 Å². The molecular weight excluding hydrogens is 364 g/mol. The van der Waals surface area contributed by atoms with Crippen molar-refractivity contribution in [3.63, 3.8) is 0 Å². The van der Waals surface area contributed by atoms with E-state index in [2.05, 4.69) is 26.9 Å². The third kappa shape index (κ3) is 2.81. The van der Waals surface area contributed by atoms with Gasteiger partial charge in [0.15, 0.2) is 5.16 Å². The molecular formula is C19H16N4OS2. The Labute approximate surface area is 159 Å². The lowest BCUT2D eigenvalue weighted by atomic mass is 10.2. The van der Waals surface area contributed by atoms with Gasteiger partial charge < -0.3 is 4.57 Å². The highest BCUT2D eigenvalue weighted by molar-refractivity contribution is 8.00. The summed E-state index contributed by atoms with van der Waals surface area (Å²) in [6.45, 7) is 0. The molecule has 5 nitrogen and oxygen atoms in total. The zero-order chi connectivity index (χ0) is 17.5. The Balaban J connectivity index is 1.43. The topological polar surface area (TPSA) is 51.0 Å². The van der Waals surface area contributed by atoms with Crippen LogP contribution in [-0.2, 0) is 4.79 Å². The molecule has 1 aliphatic carbocycles. The summed E-state index contributed by atoms with van der Waals surface area (Å²) in [6, 6.07) is 16.6. The lowest BCUT2D eigenvalue weighted by molar-refractivity contribution is -0.115. The highest BCUT2D eigenvalue weighted by Gasteiger charge is 2.29. The fraction of sp³-hybridized carbons (Fsp3) is 0.211. The van der Waals surface area contributed by atoms with E-state index in [-0.39, 0.29) is 5.91 Å². The summed E-state index contributed by atoms with van der Waals surface area (Å²) >= 11 is 3.17. The monoisotopic (exact) mass is 380 g/mol. The largest absolute Gasteiger partial charge is 0.306 e. The number of carbonyl (C=O) groups is 1. The molecule has 1 saturated carbocycles. The first-order chi connectivity index (χ1) is 12.8. The van der Waals surface area contributed by atoms with E-state index < -0.39 is 0 Å². The van der Waals surface area contributed by atoms with Crippen molar-refractivity contribution in [2.45, 2.75) is 33.8 Å². The first-order valence-electron chi connectivity index (χ1n) is 8.52. The molecule has 1 aromatic heterocycles. The second-order valence-corrected chi connectivity index (χ2v) is 8.33. The molecule has 1 aliphatic heterocycles. The summed E-state index contributed by atoms with van der Waals surface area (Å²) in [5, 5.41) is 9.02. The third-order valence-corrected chi connectivity index (χ3v) is 6.56. The van der Waals surface area contributed by atoms with Gasteiger partial charge in [0.1, 0.15) is 6.33 Å². The van der Waals surface area contributed by atoms with Gasteiger partial charge in [0.05, 0.1) is 17.1 Å². The number of para-hydroxylation sites is 2. The fourth-order valence-electron chi connectivity index (χ4n) is 3.10. The predicted octanol–water partition coefficient (Wildman–Crippen LogP) is 4.53. The van der Waals surface area contributed by atoms with Gasteiger partial charge in [0.2, 0.25) is 5.91 Å². The van der Waals surface area contributed by atoms with Gasteiger partial charge in [-0.15, -0.1) is 10.2 Å². The first-order valence-corrected chi connectivity index (χ1v) is 10.3. The SMILES string of the molecule is O=C(CSc1nncn1C1CC1)N1c2ccccc2Sc2ccccc21. The van der Waals surface area contributed by atoms with Crippen molar-refractivity contribution in [3.05, 3.63) is 54.9 Å². The lowest BCUT2D eigenvalue weighted by Gasteiger charge is -2.30. The second kappa shape index (κ2) is 6.48. The Morgan fingerprint density at radius 1 is 1.08 bits per heavy atom. The summed E-state index contributed by atoms with van der Waals surface area (Å²) in [5.41, 5.74) is 1.90. The van der Waals surface area contributed by atoms with Gasteiger partial charge in [-0.2, -0.15) is 0 Å². The summed E-state index contributed by atoms with van der Waals surface area (Å²) < 4.78 is 2.09. The van der Waals surface area contributed by atoms with Crippen LogP contribution in [0.15, 0.2) is 69.8 Å². The normalized spacial score (nSPS) is 15.5. The summed E-state index contributed by atoms with van der Waals surface area (Å²) in [5.74, 6) is 0.388. The van der Waals surface area contributed by atoms with E-state index in [1.807, 2.05) is 41.3 Å². The third-order valence-electron chi connectivity index (χ3n) is 4.49. The van der Waals surface area contributed by atoms with Crippen LogP contribution in [0.4, 0.5) is 11.4 Å². The van der Waals surface area contributed by atoms with Gasteiger partial charge >= 0.3 is 0 Å². The Bertz CT molecular complexity index is 937. The van der Waals surface area contributed by atoms with Gasteiger partial charge in [-0.25, -0.2) is 0 Å². The summed E-state index contributed by atoms with van der Waals surface area (Å²) in [4.78, 5) is 17.2. The number of carbonyl (C=O) groups excluding carboxylic acids is 1. The minimum atomic E-state index is 0.0561. The molecule has 5 rings (SSSR count). The maximum absolute atomic E-state index is 13.2. The minimum absolute atomic E-state index is 0.0561. The summed E-state index contributed by atoms with van der Waals surface area (Å²) in [6.07, 6.45) is 4.11. The number of aromatic nitrogens is 3. The second-order valence-electron chi connectivity index (χ2n) is 6.31. The van der Waals surface area contributed by atoms with Gasteiger partial charge in [-0.05, 0) is 37.1 Å². The van der Waals surface area contributed by atoms with Crippen LogP contribution in [0.1, 0.15) is 18.9 Å². The van der Waals surface area contributed by atoms with Crippen LogP contribution >= 0.6 is 23.5 Å². The average Bonchev–Trinajstić information content (AvgIpc) is 3.42. The average molecular weight is 380 g/mol. The molecule has 0 N–H and O–H groups in total. The molecule has 1 fully saturated rings. The molecule has 0 bridgehead atoms. The molecule has 26 heavy (non-hydrogen) atoms. The zero-order valence-electron chi connectivity index (χ0n) is 13.9. The molecule has 0 radical (unpaired) electrons. The van der Waals surface area contributed by atoms with E-state index >= 15 is 0 Å². The number of anilines is 2. The number of amides is 1. The van der Waals surface area contributed by atoms with Crippen LogP contribution in [0.3, 0.4) is 0 Å². The van der Waals surface area contributed by atoms with Crippen LogP contribution in [0.5, 0.6) is 0 Å². The maximum Gasteiger partial charge on any atom is 0.242 e. The van der Waals surface area contributed by atoms with Crippen LogP contribution in [0.25, 0.3) is 0 Å². The quantitative estimate of drug-likeness (QED) is 0.622. The predicted molar refractivity (Wildman–Crippen MR) is 103 cm³/mol. The number of nitrogens with zero attached hydrogens (tertiary/aromatic N) is 4. The molecule has 130 valence electrons. The molecule has 2 heterocycles. The molecule has 3 aromatic rings. The van der Waals surface area contributed by atoms with Crippen molar-refractivity contribution in [2.75, 3.05) is 10.7 Å². The molecule has 7 heteroatoms. The van der Waals surface area contributed by atoms with E-state index in [9.17, 15) is 4.79 Å². The number of hydrogen-bond acceptors (Lipinski definition) is 5. The molecule has 0 atom stereocenters. The van der Waals surface area contributed by atoms with Crippen molar-refractivity contribution in [3.8, 4) is 0 Å². The highest BCUT2D eigenvalue weighted by atomic mass is 32.2. The lowest BCUT2D eigenvalue weighted by Crippen LogP contribution is -2.30. The highest BCUT2D eigenvalue weighted by Crippen LogP contribution is 2.48. The Morgan fingerprint density at radius 2 is 1.73 bits per heavy atom. The molecule has 0 saturated heterocycles. The van der Waals surface area contributed by atoms with E-state index in [0.717, 1.165) is 26.3 Å². The van der Waals surface area contributed by atoms with Crippen LogP contribution < -0.4 is 4.90 Å². The van der Waals surface area contributed by atoms with E-state index in [1.165, 1.54) is 24.6 Å². The number of benzene rings is 2. The molecule has 1 amide bonds. The van der Waals surface area contributed by atoms with Crippen molar-refractivity contribution >= 4 is 40.8 Å². The van der Waals surface area contributed by atoms with Crippen molar-refractivity contribution in [1.29, 1.82) is 0 Å². The molecule has 2 aliphatic rings. The van der Waals surface area contributed by atoms with E-state index in [0.29, 0.717) is 11.8 Å². The van der Waals surface area contributed by atoms with Crippen molar-refractivity contribution in [1.82, 2.24) is 14.8 Å². The van der Waals surface area contributed by atoms with Crippen LogP contribution in [0.2, 0.25) is 0 Å². The number of hydrogen-bond donors (Lipinski definition) is 0. The minimum Gasteiger partial charge on any atom is -0.306 e. The summed E-state index contributed by atoms with van der Waals surface area (Å²) in [7, 11) is 0. The zero-order valence-corrected chi connectivity index (χ0v) is 15.5.